The standard InChI is InChI=1S/C17H25N3O4/c21-14(11-20-6-2-1-3-7-20)10-19-17(22)18-9-13-4-5-15-16(8-13)24-12-23-15/h4-5,8,14,21H,1-3,6-7,9-12H2,(H2,18,19,22)/t14-/m1/s1. The molecule has 1 fully saturated rings. The predicted octanol–water partition coefficient (Wildman–Crippen LogP) is 1.06. The Kier molecular flexibility index (Phi) is 5.77. The third kappa shape index (κ3) is 4.75. The van der Waals surface area contributed by atoms with Crippen LogP contribution in [-0.2, 0) is 6.54 Å². The molecule has 0 unspecified atom stereocenters. The van der Waals surface area contributed by atoms with Gasteiger partial charge in [0.05, 0.1) is 6.10 Å². The molecule has 0 aromatic heterocycles. The van der Waals surface area contributed by atoms with E-state index >= 15 is 0 Å². The van der Waals surface area contributed by atoms with Gasteiger partial charge in [-0.1, -0.05) is 12.5 Å². The van der Waals surface area contributed by atoms with E-state index in [9.17, 15) is 9.90 Å². The first-order chi connectivity index (χ1) is 11.7. The summed E-state index contributed by atoms with van der Waals surface area (Å²) in [6, 6.07) is 5.29. The van der Waals surface area contributed by atoms with Crippen LogP contribution in [-0.4, -0.2) is 55.1 Å². The van der Waals surface area contributed by atoms with E-state index in [0.29, 0.717) is 18.8 Å². The van der Waals surface area contributed by atoms with Crippen LogP contribution >= 0.6 is 0 Å². The second-order valence-electron chi connectivity index (χ2n) is 6.27. The summed E-state index contributed by atoms with van der Waals surface area (Å²) in [5.41, 5.74) is 0.934. The first-order valence-corrected chi connectivity index (χ1v) is 8.51. The molecule has 1 aromatic rings. The minimum absolute atomic E-state index is 0.238. The Labute approximate surface area is 141 Å². The van der Waals surface area contributed by atoms with Crippen molar-refractivity contribution in [2.75, 3.05) is 33.0 Å². The van der Waals surface area contributed by atoms with Crippen LogP contribution in [0.1, 0.15) is 24.8 Å². The molecule has 0 spiro atoms. The quantitative estimate of drug-likeness (QED) is 0.724. The van der Waals surface area contributed by atoms with Crippen molar-refractivity contribution < 1.29 is 19.4 Å². The maximum absolute atomic E-state index is 11.8. The van der Waals surface area contributed by atoms with E-state index in [2.05, 4.69) is 15.5 Å². The number of nitrogens with one attached hydrogen (secondary N) is 2. The maximum atomic E-state index is 11.8. The lowest BCUT2D eigenvalue weighted by atomic mass is 10.1. The fourth-order valence-electron chi connectivity index (χ4n) is 3.01. The first-order valence-electron chi connectivity index (χ1n) is 8.51. The van der Waals surface area contributed by atoms with Gasteiger partial charge in [-0.2, -0.15) is 0 Å². The Balaban J connectivity index is 1.35. The number of aliphatic hydroxyl groups excluding tert-OH is 1. The largest absolute Gasteiger partial charge is 0.454 e. The van der Waals surface area contributed by atoms with Crippen molar-refractivity contribution in [1.29, 1.82) is 0 Å². The Bertz CT molecular complexity index is 561. The Hall–Kier alpha value is -1.99. The molecule has 3 N–H and O–H groups in total. The van der Waals surface area contributed by atoms with Gasteiger partial charge in [-0.25, -0.2) is 4.79 Å². The van der Waals surface area contributed by atoms with Gasteiger partial charge in [0, 0.05) is 19.6 Å². The van der Waals surface area contributed by atoms with Gasteiger partial charge in [-0.3, -0.25) is 0 Å². The third-order valence-corrected chi connectivity index (χ3v) is 4.31. The molecule has 7 heteroatoms. The van der Waals surface area contributed by atoms with Crippen LogP contribution in [0.15, 0.2) is 18.2 Å². The van der Waals surface area contributed by atoms with Crippen LogP contribution < -0.4 is 20.1 Å². The summed E-state index contributed by atoms with van der Waals surface area (Å²) in [6.45, 7) is 3.57. The Morgan fingerprint density at radius 3 is 2.79 bits per heavy atom. The number of hydrogen-bond acceptors (Lipinski definition) is 5. The number of rotatable bonds is 6. The van der Waals surface area contributed by atoms with Crippen molar-refractivity contribution in [1.82, 2.24) is 15.5 Å². The lowest BCUT2D eigenvalue weighted by molar-refractivity contribution is 0.101. The number of fused-ring (bicyclic) bond motifs is 1. The SMILES string of the molecule is O=C(NCc1ccc2c(c1)OCO2)NC[C@@H](O)CN1CCCCC1. The maximum Gasteiger partial charge on any atom is 0.315 e. The molecule has 132 valence electrons. The van der Waals surface area contributed by atoms with Gasteiger partial charge in [0.15, 0.2) is 11.5 Å². The van der Waals surface area contributed by atoms with Gasteiger partial charge in [0.2, 0.25) is 6.79 Å². The molecular weight excluding hydrogens is 310 g/mol. The highest BCUT2D eigenvalue weighted by Gasteiger charge is 2.16. The summed E-state index contributed by atoms with van der Waals surface area (Å²) in [6.07, 6.45) is 3.11. The van der Waals surface area contributed by atoms with Crippen LogP contribution in [0.3, 0.4) is 0 Å². The van der Waals surface area contributed by atoms with Gasteiger partial charge in [0.25, 0.3) is 0 Å². The number of ether oxygens (including phenoxy) is 2. The number of piperidine rings is 1. The van der Waals surface area contributed by atoms with Crippen LogP contribution in [0.2, 0.25) is 0 Å². The molecule has 2 aliphatic rings. The number of carbonyl (C=O) groups is 1. The average Bonchev–Trinajstić information content (AvgIpc) is 3.07. The lowest BCUT2D eigenvalue weighted by Crippen LogP contribution is -2.44. The molecule has 2 aliphatic heterocycles. The number of aliphatic hydroxyl groups is 1. The van der Waals surface area contributed by atoms with Crippen molar-refractivity contribution in [3.63, 3.8) is 0 Å². The second-order valence-corrected chi connectivity index (χ2v) is 6.27. The molecule has 1 aromatic carbocycles. The Morgan fingerprint density at radius 1 is 1.17 bits per heavy atom. The highest BCUT2D eigenvalue weighted by molar-refractivity contribution is 5.73. The first kappa shape index (κ1) is 16.9. The Morgan fingerprint density at radius 2 is 1.96 bits per heavy atom. The molecule has 0 aliphatic carbocycles. The van der Waals surface area contributed by atoms with Gasteiger partial charge < -0.3 is 30.1 Å². The molecule has 0 bridgehead atoms. The summed E-state index contributed by atoms with van der Waals surface area (Å²) in [7, 11) is 0. The highest BCUT2D eigenvalue weighted by atomic mass is 16.7. The fraction of sp³-hybridized carbons (Fsp3) is 0.588. The number of urea groups is 1. The summed E-state index contributed by atoms with van der Waals surface area (Å²) in [4.78, 5) is 14.1. The minimum Gasteiger partial charge on any atom is -0.454 e. The van der Waals surface area contributed by atoms with Crippen molar-refractivity contribution in [3.05, 3.63) is 23.8 Å². The number of hydrogen-bond donors (Lipinski definition) is 3. The van der Waals surface area contributed by atoms with E-state index in [4.69, 9.17) is 9.47 Å². The smallest absolute Gasteiger partial charge is 0.315 e. The monoisotopic (exact) mass is 335 g/mol. The molecular formula is C17H25N3O4. The predicted molar refractivity (Wildman–Crippen MR) is 89.1 cm³/mol. The van der Waals surface area contributed by atoms with Gasteiger partial charge in [-0.15, -0.1) is 0 Å². The van der Waals surface area contributed by atoms with Gasteiger partial charge in [-0.05, 0) is 43.6 Å². The van der Waals surface area contributed by atoms with E-state index in [1.165, 1.54) is 19.3 Å². The van der Waals surface area contributed by atoms with Crippen LogP contribution in [0, 0.1) is 0 Å². The number of likely N-dealkylation sites (tertiary alicyclic amines) is 1. The molecule has 0 saturated carbocycles. The number of amides is 2. The highest BCUT2D eigenvalue weighted by Crippen LogP contribution is 2.32. The van der Waals surface area contributed by atoms with Crippen molar-refractivity contribution >= 4 is 6.03 Å². The number of benzene rings is 1. The molecule has 2 amide bonds. The van der Waals surface area contributed by atoms with Crippen molar-refractivity contribution in [3.8, 4) is 11.5 Å². The summed E-state index contributed by atoms with van der Waals surface area (Å²) < 4.78 is 10.6. The molecule has 7 nitrogen and oxygen atoms in total. The normalized spacial score (nSPS) is 18.2. The number of nitrogens with zero attached hydrogens (tertiary/aromatic N) is 1. The molecule has 24 heavy (non-hydrogen) atoms. The lowest BCUT2D eigenvalue weighted by Gasteiger charge is -2.28. The molecule has 0 radical (unpaired) electrons. The molecule has 1 atom stereocenters. The van der Waals surface area contributed by atoms with E-state index in [0.717, 1.165) is 24.4 Å². The number of β-amino-alcohol motifs (C(OH)–C–C–N with tert-alkyl or cyclic N) is 1. The molecule has 3 rings (SSSR count). The zero-order valence-corrected chi connectivity index (χ0v) is 13.8. The summed E-state index contributed by atoms with van der Waals surface area (Å²) in [5, 5.41) is 15.5. The average molecular weight is 335 g/mol. The topological polar surface area (TPSA) is 83.1 Å². The third-order valence-electron chi connectivity index (χ3n) is 4.31. The van der Waals surface area contributed by atoms with Crippen molar-refractivity contribution in [2.45, 2.75) is 31.9 Å². The minimum atomic E-state index is -0.542. The fourth-order valence-corrected chi connectivity index (χ4v) is 3.01. The van der Waals surface area contributed by atoms with Gasteiger partial charge in [0.1, 0.15) is 0 Å². The van der Waals surface area contributed by atoms with E-state index in [-0.39, 0.29) is 19.4 Å². The van der Waals surface area contributed by atoms with E-state index in [1.807, 2.05) is 18.2 Å². The van der Waals surface area contributed by atoms with Crippen LogP contribution in [0.5, 0.6) is 11.5 Å². The van der Waals surface area contributed by atoms with E-state index in [1.54, 1.807) is 0 Å². The number of carbonyl (C=O) groups excluding carboxylic acids is 1. The summed E-state index contributed by atoms with van der Waals surface area (Å²) >= 11 is 0. The van der Waals surface area contributed by atoms with E-state index < -0.39 is 6.10 Å². The second kappa shape index (κ2) is 8.21. The summed E-state index contributed by atoms with van der Waals surface area (Å²) in [5.74, 6) is 1.43. The molecule has 1 saturated heterocycles. The zero-order valence-electron chi connectivity index (χ0n) is 13.8. The van der Waals surface area contributed by atoms with Gasteiger partial charge >= 0.3 is 6.03 Å². The van der Waals surface area contributed by atoms with Crippen LogP contribution in [0.25, 0.3) is 0 Å². The van der Waals surface area contributed by atoms with Crippen LogP contribution in [0.4, 0.5) is 4.79 Å². The zero-order chi connectivity index (χ0) is 16.8. The van der Waals surface area contributed by atoms with Crippen molar-refractivity contribution in [2.24, 2.45) is 0 Å². The molecule has 2 heterocycles.